The topological polar surface area (TPSA) is 178 Å². The summed E-state index contributed by atoms with van der Waals surface area (Å²) in [5, 5.41) is 30.7. The molecular formula is C49H88O12S. The molecule has 4 N–H and O–H groups in total. The van der Waals surface area contributed by atoms with E-state index < -0.39 is 59.8 Å². The van der Waals surface area contributed by atoms with E-state index in [-0.39, 0.29) is 19.6 Å². The van der Waals surface area contributed by atoms with Crippen molar-refractivity contribution in [3.63, 3.8) is 0 Å². The van der Waals surface area contributed by atoms with Gasteiger partial charge in [0, 0.05) is 13.0 Å². The maximum absolute atomic E-state index is 12.9. The maximum Gasteiger partial charge on any atom is 0.397 e. The quantitative estimate of drug-likeness (QED) is 0.0198. The highest BCUT2D eigenvalue weighted by Crippen LogP contribution is 2.26. The van der Waals surface area contributed by atoms with Gasteiger partial charge in [0.05, 0.1) is 19.8 Å². The van der Waals surface area contributed by atoms with Gasteiger partial charge in [-0.05, 0) is 44.9 Å². The van der Waals surface area contributed by atoms with Gasteiger partial charge in [-0.1, -0.05) is 191 Å². The molecule has 0 aromatic heterocycles. The Balaban J connectivity index is 2.38. The smallest absolute Gasteiger partial charge is 0.397 e. The molecule has 0 amide bonds. The summed E-state index contributed by atoms with van der Waals surface area (Å²) >= 11 is 0. The first-order valence-electron chi connectivity index (χ1n) is 24.4. The van der Waals surface area contributed by atoms with Crippen LogP contribution < -0.4 is 0 Å². The van der Waals surface area contributed by atoms with Crippen molar-refractivity contribution in [1.29, 1.82) is 0 Å². The van der Waals surface area contributed by atoms with Crippen LogP contribution in [0.4, 0.5) is 0 Å². The molecular weight excluding hydrogens is 813 g/mol. The summed E-state index contributed by atoms with van der Waals surface area (Å²) in [6.45, 7) is 3.75. The zero-order chi connectivity index (χ0) is 45.4. The molecule has 0 aliphatic carbocycles. The van der Waals surface area contributed by atoms with Crippen LogP contribution in [0.1, 0.15) is 194 Å². The minimum absolute atomic E-state index is 0.000922. The number of aliphatic hydroxyl groups excluding tert-OH is 3. The van der Waals surface area contributed by atoms with E-state index in [1.54, 1.807) is 0 Å². The Morgan fingerprint density at radius 1 is 0.629 bits per heavy atom. The van der Waals surface area contributed by atoms with Crippen molar-refractivity contribution in [3.8, 4) is 0 Å². The Kier molecular flexibility index (Phi) is 38.0. The molecule has 0 saturated carbocycles. The lowest BCUT2D eigenvalue weighted by Crippen LogP contribution is -2.60. The lowest BCUT2D eigenvalue weighted by Gasteiger charge is -2.41. The highest BCUT2D eigenvalue weighted by molar-refractivity contribution is 7.80. The van der Waals surface area contributed by atoms with Crippen LogP contribution in [-0.2, 0) is 38.3 Å². The van der Waals surface area contributed by atoms with E-state index in [9.17, 15) is 28.5 Å². The zero-order valence-electron chi connectivity index (χ0n) is 38.7. The number of esters is 1. The summed E-state index contributed by atoms with van der Waals surface area (Å²) in [6.07, 6.45) is 40.2. The minimum atomic E-state index is -5.07. The Morgan fingerprint density at radius 3 is 1.56 bits per heavy atom. The van der Waals surface area contributed by atoms with Gasteiger partial charge < -0.3 is 34.3 Å². The average Bonchev–Trinajstić information content (AvgIpc) is 3.24. The molecule has 1 aliphatic heterocycles. The van der Waals surface area contributed by atoms with Crippen molar-refractivity contribution in [1.82, 2.24) is 0 Å². The largest absolute Gasteiger partial charge is 0.457 e. The molecule has 13 heteroatoms. The zero-order valence-corrected chi connectivity index (χ0v) is 39.5. The Bertz CT molecular complexity index is 1270. The first-order valence-corrected chi connectivity index (χ1v) is 25.8. The van der Waals surface area contributed by atoms with E-state index >= 15 is 0 Å². The van der Waals surface area contributed by atoms with Crippen molar-refractivity contribution in [2.24, 2.45) is 0 Å². The number of allylic oxidation sites excluding steroid dienone is 8. The van der Waals surface area contributed by atoms with E-state index in [0.717, 1.165) is 57.8 Å². The summed E-state index contributed by atoms with van der Waals surface area (Å²) in [7, 11) is -5.07. The van der Waals surface area contributed by atoms with E-state index in [0.29, 0.717) is 13.0 Å². The van der Waals surface area contributed by atoms with Gasteiger partial charge >= 0.3 is 16.4 Å². The number of ether oxygens (including phenoxy) is 4. The number of hydrogen-bond donors (Lipinski definition) is 4. The molecule has 1 aliphatic rings. The average molecular weight is 901 g/mol. The molecule has 0 spiro atoms. The van der Waals surface area contributed by atoms with Gasteiger partial charge in [0.25, 0.3) is 0 Å². The summed E-state index contributed by atoms with van der Waals surface area (Å²) < 4.78 is 59.0. The standard InChI is InChI=1S/C49H88O12S/c1-3-5-7-9-11-13-15-17-19-20-21-22-23-24-25-26-28-30-32-34-36-38-45(51)59-43(41-57-39-37-35-33-31-29-27-18-16-14-12-10-8-6-4-2)42-58-49-47(53)48(61-62(54,55)56)46(52)44(40-50)60-49/h6,8,12,14,18,27,31,33,43-44,46-50,52-53H,3-5,7,9-11,13,15-17,19-26,28-30,32,34-42H2,1-2H3,(H,54,55,56)/b8-6-,14-12-,27-18-,33-31-. The molecule has 0 bridgehead atoms. The number of carbonyl (C=O) groups excluding carboxylic acids is 1. The van der Waals surface area contributed by atoms with Crippen LogP contribution in [0.2, 0.25) is 0 Å². The van der Waals surface area contributed by atoms with Crippen LogP contribution in [0.15, 0.2) is 48.6 Å². The number of rotatable bonds is 42. The Hall–Kier alpha value is -1.94. The van der Waals surface area contributed by atoms with Gasteiger partial charge in [0.1, 0.15) is 30.5 Å². The van der Waals surface area contributed by atoms with Crippen molar-refractivity contribution < 1.29 is 56.2 Å². The van der Waals surface area contributed by atoms with Gasteiger partial charge in [-0.25, -0.2) is 4.18 Å². The number of carbonyl (C=O) groups is 1. The maximum atomic E-state index is 12.9. The monoisotopic (exact) mass is 901 g/mol. The Labute approximate surface area is 376 Å². The van der Waals surface area contributed by atoms with E-state index in [2.05, 4.69) is 66.6 Å². The van der Waals surface area contributed by atoms with Crippen LogP contribution in [0, 0.1) is 0 Å². The predicted molar refractivity (Wildman–Crippen MR) is 248 cm³/mol. The molecule has 1 rings (SSSR count). The molecule has 1 fully saturated rings. The molecule has 0 aromatic carbocycles. The van der Waals surface area contributed by atoms with E-state index in [1.165, 1.54) is 109 Å². The fourth-order valence-corrected chi connectivity index (χ4v) is 7.83. The summed E-state index contributed by atoms with van der Waals surface area (Å²) in [5.74, 6) is -0.416. The normalized spacial score (nSPS) is 20.4. The van der Waals surface area contributed by atoms with Crippen LogP contribution >= 0.6 is 0 Å². The van der Waals surface area contributed by atoms with Crippen molar-refractivity contribution >= 4 is 16.4 Å². The second-order valence-corrected chi connectivity index (χ2v) is 17.7. The molecule has 362 valence electrons. The van der Waals surface area contributed by atoms with Crippen LogP contribution in [0.5, 0.6) is 0 Å². The van der Waals surface area contributed by atoms with Crippen LogP contribution in [-0.4, -0.2) is 97.5 Å². The lowest BCUT2D eigenvalue weighted by atomic mass is 9.99. The summed E-state index contributed by atoms with van der Waals surface area (Å²) in [5.41, 5.74) is 0. The third-order valence-electron chi connectivity index (χ3n) is 11.0. The minimum Gasteiger partial charge on any atom is -0.457 e. The molecule has 1 heterocycles. The first kappa shape index (κ1) is 58.1. The predicted octanol–water partition coefficient (Wildman–Crippen LogP) is 10.7. The molecule has 0 radical (unpaired) electrons. The molecule has 0 aromatic rings. The van der Waals surface area contributed by atoms with Crippen LogP contribution in [0.3, 0.4) is 0 Å². The van der Waals surface area contributed by atoms with E-state index in [1.807, 2.05) is 0 Å². The number of hydrogen-bond acceptors (Lipinski definition) is 11. The lowest BCUT2D eigenvalue weighted by molar-refractivity contribution is -0.301. The van der Waals surface area contributed by atoms with Crippen molar-refractivity contribution in [2.45, 2.75) is 230 Å². The van der Waals surface area contributed by atoms with Gasteiger partial charge in [-0.3, -0.25) is 9.35 Å². The number of unbranched alkanes of at least 4 members (excludes halogenated alkanes) is 21. The Morgan fingerprint density at radius 2 is 1.10 bits per heavy atom. The molecule has 1 saturated heterocycles. The molecule has 6 unspecified atom stereocenters. The molecule has 12 nitrogen and oxygen atoms in total. The molecule has 62 heavy (non-hydrogen) atoms. The van der Waals surface area contributed by atoms with Gasteiger partial charge in [0.15, 0.2) is 6.29 Å². The summed E-state index contributed by atoms with van der Waals surface area (Å²) in [4.78, 5) is 12.9. The fraction of sp³-hybridized carbons (Fsp3) is 0.816. The second kappa shape index (κ2) is 40.6. The third kappa shape index (κ3) is 33.6. The second-order valence-electron chi connectivity index (χ2n) is 16.7. The van der Waals surface area contributed by atoms with Gasteiger partial charge in [-0.15, -0.1) is 0 Å². The highest BCUT2D eigenvalue weighted by Gasteiger charge is 2.48. The first-order chi connectivity index (χ1) is 30.1. The summed E-state index contributed by atoms with van der Waals surface area (Å²) in [6, 6.07) is 0. The molecule has 6 atom stereocenters. The van der Waals surface area contributed by atoms with Crippen molar-refractivity contribution in [2.75, 3.05) is 26.4 Å². The third-order valence-corrected chi connectivity index (χ3v) is 11.4. The van der Waals surface area contributed by atoms with Gasteiger partial charge in [-0.2, -0.15) is 8.42 Å². The SMILES string of the molecule is CC/C=C\C/C=C\C/C=C\C/C=C\CCCOCC(COC1OC(CO)C(O)C(OS(=O)(=O)O)C1O)OC(=O)CCCCCCCCCCCCCCCCCCCCCCC. The van der Waals surface area contributed by atoms with E-state index in [4.69, 9.17) is 23.5 Å². The van der Waals surface area contributed by atoms with Crippen molar-refractivity contribution in [3.05, 3.63) is 48.6 Å². The highest BCUT2D eigenvalue weighted by atomic mass is 32.3. The van der Waals surface area contributed by atoms with Crippen LogP contribution in [0.25, 0.3) is 0 Å². The fourth-order valence-electron chi connectivity index (χ4n) is 7.32. The van der Waals surface area contributed by atoms with Gasteiger partial charge in [0.2, 0.25) is 0 Å². The number of aliphatic hydroxyl groups is 3.